The number of pyridine rings is 2. The molecular weight excluding hydrogens is 410 g/mol. The molecule has 32 heavy (non-hydrogen) atoms. The van der Waals surface area contributed by atoms with Gasteiger partial charge in [0.1, 0.15) is 0 Å². The number of hydrogen-bond acceptors (Lipinski definition) is 3. The first kappa shape index (κ1) is 17.6. The minimum Gasteiger partial charge on any atom is -0.305 e. The normalized spacial score (nSPS) is 11.8. The van der Waals surface area contributed by atoms with Gasteiger partial charge in [-0.05, 0) is 42.5 Å². The van der Waals surface area contributed by atoms with Crippen molar-refractivity contribution in [2.45, 2.75) is 0 Å². The van der Waals surface area contributed by atoms with Gasteiger partial charge < -0.3 is 4.57 Å². The fourth-order valence-corrected chi connectivity index (χ4v) is 5.81. The van der Waals surface area contributed by atoms with Crippen LogP contribution in [0.5, 0.6) is 0 Å². The van der Waals surface area contributed by atoms with Gasteiger partial charge in [0.25, 0.3) is 0 Å². The Labute approximate surface area is 188 Å². The SMILES string of the molecule is c1ccc(-c2ccc3c(n2)c2ccc4sc5ccccc5c4c2n3-c2cccnc2)cc1. The molecule has 0 fully saturated rings. The number of rotatable bonds is 2. The predicted molar refractivity (Wildman–Crippen MR) is 135 cm³/mol. The number of thiophene rings is 1. The molecule has 0 aliphatic heterocycles. The van der Waals surface area contributed by atoms with Crippen LogP contribution < -0.4 is 0 Å². The van der Waals surface area contributed by atoms with E-state index in [2.05, 4.69) is 88.4 Å². The van der Waals surface area contributed by atoms with E-state index >= 15 is 0 Å². The van der Waals surface area contributed by atoms with Gasteiger partial charge in [-0.15, -0.1) is 11.3 Å². The molecule has 0 bridgehead atoms. The van der Waals surface area contributed by atoms with Gasteiger partial charge in [0.15, 0.2) is 0 Å². The van der Waals surface area contributed by atoms with Gasteiger partial charge in [-0.25, -0.2) is 4.98 Å². The van der Waals surface area contributed by atoms with Gasteiger partial charge >= 0.3 is 0 Å². The lowest BCUT2D eigenvalue weighted by atomic mass is 10.1. The van der Waals surface area contributed by atoms with E-state index in [0.717, 1.165) is 33.4 Å². The van der Waals surface area contributed by atoms with Crippen molar-refractivity contribution in [2.24, 2.45) is 0 Å². The number of benzene rings is 3. The maximum absolute atomic E-state index is 5.15. The van der Waals surface area contributed by atoms with E-state index in [1.54, 1.807) is 0 Å². The topological polar surface area (TPSA) is 30.7 Å². The van der Waals surface area contributed by atoms with Gasteiger partial charge in [-0.2, -0.15) is 0 Å². The Bertz CT molecular complexity index is 1760. The lowest BCUT2D eigenvalue weighted by Gasteiger charge is -2.08. The minimum atomic E-state index is 0.985. The van der Waals surface area contributed by atoms with Crippen molar-refractivity contribution in [3.05, 3.63) is 103 Å². The molecule has 0 saturated heterocycles. The first-order valence-corrected chi connectivity index (χ1v) is 11.4. The Morgan fingerprint density at radius 3 is 2.44 bits per heavy atom. The average molecular weight is 428 g/mol. The quantitative estimate of drug-likeness (QED) is 0.284. The van der Waals surface area contributed by atoms with E-state index in [4.69, 9.17) is 4.98 Å². The van der Waals surface area contributed by atoms with Crippen LogP contribution in [0.3, 0.4) is 0 Å². The van der Waals surface area contributed by atoms with E-state index in [1.807, 2.05) is 35.9 Å². The van der Waals surface area contributed by atoms with Crippen LogP contribution in [0.25, 0.3) is 59.1 Å². The molecule has 0 amide bonds. The van der Waals surface area contributed by atoms with Crippen LogP contribution in [0.4, 0.5) is 0 Å². The summed E-state index contributed by atoms with van der Waals surface area (Å²) in [5.41, 5.74) is 6.46. The molecule has 4 heteroatoms. The van der Waals surface area contributed by atoms with Gasteiger partial charge in [-0.3, -0.25) is 4.98 Å². The number of aromatic nitrogens is 3. The summed E-state index contributed by atoms with van der Waals surface area (Å²) in [5.74, 6) is 0. The summed E-state index contributed by atoms with van der Waals surface area (Å²) in [7, 11) is 0. The zero-order chi connectivity index (χ0) is 21.1. The lowest BCUT2D eigenvalue weighted by Crippen LogP contribution is -1.95. The van der Waals surface area contributed by atoms with Gasteiger partial charge in [0.05, 0.1) is 34.1 Å². The molecule has 0 atom stereocenters. The molecule has 4 heterocycles. The van der Waals surface area contributed by atoms with Crippen LogP contribution in [-0.4, -0.2) is 14.5 Å². The van der Waals surface area contributed by atoms with Gasteiger partial charge in [-0.1, -0.05) is 48.5 Å². The summed E-state index contributed by atoms with van der Waals surface area (Å²) in [5, 5.41) is 3.73. The molecule has 0 aliphatic rings. The monoisotopic (exact) mass is 427 g/mol. The van der Waals surface area contributed by atoms with E-state index in [-0.39, 0.29) is 0 Å². The van der Waals surface area contributed by atoms with Crippen LogP contribution in [0.15, 0.2) is 103 Å². The van der Waals surface area contributed by atoms with Crippen molar-refractivity contribution in [2.75, 3.05) is 0 Å². The van der Waals surface area contributed by atoms with E-state index in [9.17, 15) is 0 Å². The highest BCUT2D eigenvalue weighted by Gasteiger charge is 2.19. The second-order valence-corrected chi connectivity index (χ2v) is 8.99. The highest BCUT2D eigenvalue weighted by molar-refractivity contribution is 7.26. The average Bonchev–Trinajstić information content (AvgIpc) is 3.40. The molecule has 3 nitrogen and oxygen atoms in total. The van der Waals surface area contributed by atoms with Gasteiger partial charge in [0.2, 0.25) is 0 Å². The second-order valence-electron chi connectivity index (χ2n) is 7.91. The Morgan fingerprint density at radius 1 is 0.688 bits per heavy atom. The Kier molecular flexibility index (Phi) is 3.72. The smallest absolute Gasteiger partial charge is 0.0971 e. The molecule has 0 saturated carbocycles. The number of fused-ring (bicyclic) bond motifs is 7. The molecule has 0 unspecified atom stereocenters. The fraction of sp³-hybridized carbons (Fsp3) is 0. The third kappa shape index (κ3) is 2.47. The van der Waals surface area contributed by atoms with Crippen LogP contribution in [0, 0.1) is 0 Å². The van der Waals surface area contributed by atoms with E-state index < -0.39 is 0 Å². The standard InChI is InChI=1S/C28H17N3S/c1-2-7-18(8-3-1)22-13-14-23-27(30-22)21-12-15-25-26(20-10-4-5-11-24(20)32-25)28(21)31(23)19-9-6-16-29-17-19/h1-17H. The first-order valence-electron chi connectivity index (χ1n) is 10.6. The highest BCUT2D eigenvalue weighted by Crippen LogP contribution is 2.42. The van der Waals surface area contributed by atoms with Crippen LogP contribution >= 0.6 is 11.3 Å². The summed E-state index contributed by atoms with van der Waals surface area (Å²) in [6, 6.07) is 31.9. The van der Waals surface area contributed by atoms with Crippen LogP contribution in [0.2, 0.25) is 0 Å². The Morgan fingerprint density at radius 2 is 1.56 bits per heavy atom. The summed E-state index contributed by atoms with van der Waals surface area (Å²) in [4.78, 5) is 9.56. The zero-order valence-electron chi connectivity index (χ0n) is 17.1. The summed E-state index contributed by atoms with van der Waals surface area (Å²) >= 11 is 1.84. The van der Waals surface area contributed by atoms with Crippen LogP contribution in [0.1, 0.15) is 0 Å². The molecule has 0 aliphatic carbocycles. The minimum absolute atomic E-state index is 0.985. The Hall–Kier alpha value is -4.02. The van der Waals surface area contributed by atoms with E-state index in [1.165, 1.54) is 25.7 Å². The van der Waals surface area contributed by atoms with Crippen LogP contribution in [-0.2, 0) is 0 Å². The van der Waals surface area contributed by atoms with Gasteiger partial charge in [0, 0.05) is 37.3 Å². The largest absolute Gasteiger partial charge is 0.305 e. The number of hydrogen-bond donors (Lipinski definition) is 0. The summed E-state index contributed by atoms with van der Waals surface area (Å²) < 4.78 is 4.91. The lowest BCUT2D eigenvalue weighted by molar-refractivity contribution is 1.14. The second kappa shape index (κ2) is 6.74. The Balaban J connectivity index is 1.69. The van der Waals surface area contributed by atoms with Crippen molar-refractivity contribution in [3.8, 4) is 16.9 Å². The third-order valence-corrected chi connectivity index (χ3v) is 7.22. The van der Waals surface area contributed by atoms with Crippen molar-refractivity contribution < 1.29 is 0 Å². The molecule has 7 aromatic rings. The summed E-state index contributed by atoms with van der Waals surface area (Å²) in [6.07, 6.45) is 3.75. The molecule has 7 rings (SSSR count). The predicted octanol–water partition coefficient (Wildman–Crippen LogP) is 7.61. The highest BCUT2D eigenvalue weighted by atomic mass is 32.1. The zero-order valence-corrected chi connectivity index (χ0v) is 17.9. The van der Waals surface area contributed by atoms with Crippen molar-refractivity contribution in [3.63, 3.8) is 0 Å². The van der Waals surface area contributed by atoms with Crippen molar-refractivity contribution >= 4 is 53.4 Å². The maximum Gasteiger partial charge on any atom is 0.0971 e. The molecule has 150 valence electrons. The first-order chi connectivity index (χ1) is 15.9. The van der Waals surface area contributed by atoms with E-state index in [0.29, 0.717) is 0 Å². The molecule has 0 N–H and O–H groups in total. The fourth-order valence-electron chi connectivity index (χ4n) is 4.70. The molecular formula is C28H17N3S. The third-order valence-electron chi connectivity index (χ3n) is 6.08. The molecule has 0 spiro atoms. The molecule has 4 aromatic heterocycles. The maximum atomic E-state index is 5.15. The molecule has 0 radical (unpaired) electrons. The summed E-state index contributed by atoms with van der Waals surface area (Å²) in [6.45, 7) is 0. The van der Waals surface area contributed by atoms with Crippen molar-refractivity contribution in [1.82, 2.24) is 14.5 Å². The number of nitrogens with zero attached hydrogens (tertiary/aromatic N) is 3. The van der Waals surface area contributed by atoms with Crippen molar-refractivity contribution in [1.29, 1.82) is 0 Å². The molecule has 3 aromatic carbocycles.